The highest BCUT2D eigenvalue weighted by atomic mass is 16.3. The summed E-state index contributed by atoms with van der Waals surface area (Å²) in [5, 5.41) is 15.1. The number of carbonyl (C=O) groups is 1. The van der Waals surface area contributed by atoms with Crippen molar-refractivity contribution in [2.75, 3.05) is 19.7 Å². The van der Waals surface area contributed by atoms with Crippen molar-refractivity contribution in [3.8, 4) is 0 Å². The van der Waals surface area contributed by atoms with Crippen molar-refractivity contribution in [2.45, 2.75) is 45.1 Å². The summed E-state index contributed by atoms with van der Waals surface area (Å²) in [5.41, 5.74) is 0. The van der Waals surface area contributed by atoms with Gasteiger partial charge in [-0.3, -0.25) is 4.79 Å². The third-order valence-corrected chi connectivity index (χ3v) is 3.30. The molecule has 1 aliphatic rings. The monoisotopic (exact) mass is 228 g/mol. The van der Waals surface area contributed by atoms with Gasteiger partial charge in [0.05, 0.1) is 0 Å². The van der Waals surface area contributed by atoms with Crippen LogP contribution >= 0.6 is 0 Å². The lowest BCUT2D eigenvalue weighted by molar-refractivity contribution is -0.121. The van der Waals surface area contributed by atoms with Gasteiger partial charge in [-0.1, -0.05) is 13.3 Å². The van der Waals surface area contributed by atoms with E-state index in [1.54, 1.807) is 0 Å². The normalized spacial score (nSPS) is 22.0. The Morgan fingerprint density at radius 1 is 1.62 bits per heavy atom. The van der Waals surface area contributed by atoms with Crippen molar-refractivity contribution in [1.82, 2.24) is 10.6 Å². The number of aliphatic hydroxyl groups excluding tert-OH is 1. The van der Waals surface area contributed by atoms with Crippen LogP contribution in [0.5, 0.6) is 0 Å². The number of rotatable bonds is 7. The Morgan fingerprint density at radius 2 is 2.44 bits per heavy atom. The van der Waals surface area contributed by atoms with Crippen LogP contribution in [0.15, 0.2) is 0 Å². The number of amides is 1. The van der Waals surface area contributed by atoms with E-state index >= 15 is 0 Å². The quantitative estimate of drug-likeness (QED) is 0.599. The SMILES string of the molecule is CCC(CCO)CNC(=O)CC1CCCN1. The Morgan fingerprint density at radius 3 is 3.00 bits per heavy atom. The molecular weight excluding hydrogens is 204 g/mol. The van der Waals surface area contributed by atoms with Crippen LogP contribution in [0.25, 0.3) is 0 Å². The van der Waals surface area contributed by atoms with Crippen molar-refractivity contribution < 1.29 is 9.90 Å². The molecule has 1 fully saturated rings. The Bertz CT molecular complexity index is 203. The van der Waals surface area contributed by atoms with Gasteiger partial charge in [-0.25, -0.2) is 0 Å². The topological polar surface area (TPSA) is 61.4 Å². The molecule has 94 valence electrons. The Hall–Kier alpha value is -0.610. The summed E-state index contributed by atoms with van der Waals surface area (Å²) in [6, 6.07) is 0.373. The van der Waals surface area contributed by atoms with Gasteiger partial charge in [0.1, 0.15) is 0 Å². The summed E-state index contributed by atoms with van der Waals surface area (Å²) >= 11 is 0. The lowest BCUT2D eigenvalue weighted by Crippen LogP contribution is -2.34. The summed E-state index contributed by atoms with van der Waals surface area (Å²) in [6.07, 6.45) is 4.66. The summed E-state index contributed by atoms with van der Waals surface area (Å²) in [5.74, 6) is 0.543. The number of hydrogen-bond acceptors (Lipinski definition) is 3. The molecule has 0 aromatic heterocycles. The molecule has 2 atom stereocenters. The van der Waals surface area contributed by atoms with Gasteiger partial charge in [-0.2, -0.15) is 0 Å². The van der Waals surface area contributed by atoms with Crippen molar-refractivity contribution in [1.29, 1.82) is 0 Å². The van der Waals surface area contributed by atoms with E-state index in [0.717, 1.165) is 25.8 Å². The highest BCUT2D eigenvalue weighted by molar-refractivity contribution is 5.76. The van der Waals surface area contributed by atoms with Crippen molar-refractivity contribution in [3.05, 3.63) is 0 Å². The smallest absolute Gasteiger partial charge is 0.221 e. The molecule has 1 saturated heterocycles. The maximum atomic E-state index is 11.6. The van der Waals surface area contributed by atoms with E-state index in [2.05, 4.69) is 17.6 Å². The molecule has 1 rings (SSSR count). The van der Waals surface area contributed by atoms with Crippen molar-refractivity contribution in [2.24, 2.45) is 5.92 Å². The third-order valence-electron chi connectivity index (χ3n) is 3.30. The number of hydrogen-bond donors (Lipinski definition) is 3. The molecule has 0 saturated carbocycles. The van der Waals surface area contributed by atoms with Gasteiger partial charge in [-0.15, -0.1) is 0 Å². The molecule has 0 aromatic carbocycles. The molecule has 16 heavy (non-hydrogen) atoms. The summed E-state index contributed by atoms with van der Waals surface area (Å²) in [4.78, 5) is 11.6. The molecule has 0 aliphatic carbocycles. The second-order valence-electron chi connectivity index (χ2n) is 4.59. The highest BCUT2D eigenvalue weighted by Gasteiger charge is 2.17. The second-order valence-corrected chi connectivity index (χ2v) is 4.59. The van der Waals surface area contributed by atoms with E-state index in [4.69, 9.17) is 5.11 Å². The lowest BCUT2D eigenvalue weighted by atomic mass is 10.0. The molecule has 1 heterocycles. The first-order valence-electron chi connectivity index (χ1n) is 6.37. The second kappa shape index (κ2) is 7.63. The van der Waals surface area contributed by atoms with Crippen LogP contribution in [0.1, 0.15) is 39.0 Å². The highest BCUT2D eigenvalue weighted by Crippen LogP contribution is 2.09. The van der Waals surface area contributed by atoms with Crippen LogP contribution in [0.2, 0.25) is 0 Å². The molecule has 1 aliphatic heterocycles. The van der Waals surface area contributed by atoms with E-state index in [1.165, 1.54) is 6.42 Å². The molecule has 0 radical (unpaired) electrons. The lowest BCUT2D eigenvalue weighted by Gasteiger charge is -2.15. The van der Waals surface area contributed by atoms with E-state index in [1.807, 2.05) is 0 Å². The van der Waals surface area contributed by atoms with Gasteiger partial charge < -0.3 is 15.7 Å². The average molecular weight is 228 g/mol. The number of nitrogens with one attached hydrogen (secondary N) is 2. The summed E-state index contributed by atoms with van der Waals surface area (Å²) in [7, 11) is 0. The standard InChI is InChI=1S/C12H24N2O2/c1-2-10(5-7-15)9-14-12(16)8-11-4-3-6-13-11/h10-11,13,15H,2-9H2,1H3,(H,14,16). The van der Waals surface area contributed by atoms with Gasteiger partial charge in [0, 0.05) is 25.6 Å². The van der Waals surface area contributed by atoms with Gasteiger partial charge in [0.2, 0.25) is 5.91 Å². The van der Waals surface area contributed by atoms with Gasteiger partial charge in [-0.05, 0) is 31.7 Å². The fraction of sp³-hybridized carbons (Fsp3) is 0.917. The zero-order valence-corrected chi connectivity index (χ0v) is 10.2. The van der Waals surface area contributed by atoms with E-state index in [9.17, 15) is 4.79 Å². The third kappa shape index (κ3) is 4.94. The zero-order chi connectivity index (χ0) is 11.8. The van der Waals surface area contributed by atoms with Crippen LogP contribution in [0.3, 0.4) is 0 Å². The molecule has 0 bridgehead atoms. The molecule has 0 aromatic rings. The van der Waals surface area contributed by atoms with E-state index in [0.29, 0.717) is 24.9 Å². The summed E-state index contributed by atoms with van der Waals surface area (Å²) < 4.78 is 0. The van der Waals surface area contributed by atoms with Crippen LogP contribution < -0.4 is 10.6 Å². The maximum absolute atomic E-state index is 11.6. The fourth-order valence-corrected chi connectivity index (χ4v) is 2.12. The van der Waals surface area contributed by atoms with E-state index < -0.39 is 0 Å². The molecule has 3 N–H and O–H groups in total. The Balaban J connectivity index is 2.12. The number of aliphatic hydroxyl groups is 1. The van der Waals surface area contributed by atoms with Gasteiger partial charge in [0.15, 0.2) is 0 Å². The minimum absolute atomic E-state index is 0.135. The molecular formula is C12H24N2O2. The van der Waals surface area contributed by atoms with Crippen LogP contribution in [0, 0.1) is 5.92 Å². The predicted molar refractivity (Wildman–Crippen MR) is 64.1 cm³/mol. The summed E-state index contributed by atoms with van der Waals surface area (Å²) in [6.45, 7) is 4.03. The zero-order valence-electron chi connectivity index (χ0n) is 10.2. The number of carbonyl (C=O) groups excluding carboxylic acids is 1. The first kappa shape index (κ1) is 13.5. The van der Waals surface area contributed by atoms with Crippen molar-refractivity contribution in [3.63, 3.8) is 0 Å². The fourth-order valence-electron chi connectivity index (χ4n) is 2.12. The molecule has 4 heteroatoms. The first-order chi connectivity index (χ1) is 7.76. The van der Waals surface area contributed by atoms with E-state index in [-0.39, 0.29) is 12.5 Å². The van der Waals surface area contributed by atoms with Gasteiger partial charge in [0.25, 0.3) is 0 Å². The predicted octanol–water partition coefficient (Wildman–Crippen LogP) is 0.653. The molecule has 4 nitrogen and oxygen atoms in total. The van der Waals surface area contributed by atoms with Gasteiger partial charge >= 0.3 is 0 Å². The Labute approximate surface area is 97.8 Å². The molecule has 1 amide bonds. The largest absolute Gasteiger partial charge is 0.396 e. The van der Waals surface area contributed by atoms with Crippen LogP contribution in [-0.4, -0.2) is 36.8 Å². The molecule has 0 spiro atoms. The first-order valence-corrected chi connectivity index (χ1v) is 6.37. The average Bonchev–Trinajstić information content (AvgIpc) is 2.76. The minimum Gasteiger partial charge on any atom is -0.396 e. The minimum atomic E-state index is 0.135. The Kier molecular flexibility index (Phi) is 6.42. The maximum Gasteiger partial charge on any atom is 0.221 e. The molecule has 2 unspecified atom stereocenters. The van der Waals surface area contributed by atoms with Crippen molar-refractivity contribution >= 4 is 5.91 Å². The van der Waals surface area contributed by atoms with Crippen LogP contribution in [-0.2, 0) is 4.79 Å². The van der Waals surface area contributed by atoms with Crippen LogP contribution in [0.4, 0.5) is 0 Å².